The molecule has 0 aliphatic heterocycles. The first-order valence-electron chi connectivity index (χ1n) is 8.85. The quantitative estimate of drug-likeness (QED) is 0.402. The Balaban J connectivity index is 1.51. The maximum absolute atomic E-state index is 6.03. The molecule has 0 radical (unpaired) electrons. The molecule has 0 aliphatic carbocycles. The van der Waals surface area contributed by atoms with Crippen molar-refractivity contribution in [3.05, 3.63) is 65.0 Å². The predicted octanol–water partition coefficient (Wildman–Crippen LogP) is 5.27. The minimum atomic E-state index is 0.513. The van der Waals surface area contributed by atoms with Crippen LogP contribution in [0.4, 0.5) is 0 Å². The zero-order valence-corrected chi connectivity index (χ0v) is 17.0. The molecule has 0 unspecified atom stereocenters. The second-order valence-electron chi connectivity index (χ2n) is 6.23. The summed E-state index contributed by atoms with van der Waals surface area (Å²) in [7, 11) is 0. The molecule has 0 amide bonds. The van der Waals surface area contributed by atoms with E-state index in [0.717, 1.165) is 28.7 Å². The van der Waals surface area contributed by atoms with Crippen molar-refractivity contribution in [2.45, 2.75) is 31.3 Å². The Kier molecular flexibility index (Phi) is 5.45. The molecular formula is C20H18ClN5OS. The van der Waals surface area contributed by atoms with E-state index in [9.17, 15) is 0 Å². The highest BCUT2D eigenvalue weighted by Gasteiger charge is 2.15. The van der Waals surface area contributed by atoms with E-state index in [4.69, 9.17) is 16.1 Å². The lowest BCUT2D eigenvalue weighted by molar-refractivity contribution is 0.391. The number of aromatic nitrogens is 5. The Morgan fingerprint density at radius 3 is 2.68 bits per heavy atom. The Labute approximate surface area is 172 Å². The van der Waals surface area contributed by atoms with E-state index in [1.807, 2.05) is 36.4 Å². The number of hydrogen-bond donors (Lipinski definition) is 0. The smallest absolute Gasteiger partial charge is 0.237 e. The molecule has 0 atom stereocenters. The molecule has 0 aliphatic rings. The summed E-state index contributed by atoms with van der Waals surface area (Å²) in [6, 6.07) is 15.6. The summed E-state index contributed by atoms with van der Waals surface area (Å²) in [5, 5.41) is 14.2. The third-order valence-electron chi connectivity index (χ3n) is 4.18. The zero-order chi connectivity index (χ0) is 19.5. The van der Waals surface area contributed by atoms with E-state index < -0.39 is 0 Å². The Hall–Kier alpha value is -2.64. The van der Waals surface area contributed by atoms with Gasteiger partial charge >= 0.3 is 0 Å². The van der Waals surface area contributed by atoms with E-state index in [-0.39, 0.29) is 0 Å². The molecule has 6 nitrogen and oxygen atoms in total. The van der Waals surface area contributed by atoms with Gasteiger partial charge in [-0.25, -0.2) is 0 Å². The lowest BCUT2D eigenvalue weighted by atomic mass is 10.1. The number of benzene rings is 2. The van der Waals surface area contributed by atoms with Crippen LogP contribution >= 0.6 is 23.4 Å². The standard InChI is InChI=1S/C20H18ClN5OS/c1-3-26-19(15-8-4-6-13(2)10-15)23-24-20(26)28-12-17-22-18(25-27-17)14-7-5-9-16(21)11-14/h4-11H,3,12H2,1-2H3. The first kappa shape index (κ1) is 18.7. The zero-order valence-electron chi connectivity index (χ0n) is 15.5. The molecule has 0 saturated heterocycles. The van der Waals surface area contributed by atoms with Crippen LogP contribution in [0.3, 0.4) is 0 Å². The molecule has 8 heteroatoms. The molecule has 4 aromatic rings. The van der Waals surface area contributed by atoms with Gasteiger partial charge in [-0.05, 0) is 32.0 Å². The van der Waals surface area contributed by atoms with E-state index in [1.165, 1.54) is 17.3 Å². The molecule has 0 bridgehead atoms. The molecule has 142 valence electrons. The van der Waals surface area contributed by atoms with Crippen LogP contribution in [-0.4, -0.2) is 24.9 Å². The SMILES string of the molecule is CCn1c(SCc2nc(-c3cccc(Cl)c3)no2)nnc1-c1cccc(C)c1. The van der Waals surface area contributed by atoms with Gasteiger partial charge < -0.3 is 9.09 Å². The summed E-state index contributed by atoms with van der Waals surface area (Å²) < 4.78 is 7.47. The fourth-order valence-corrected chi connectivity index (χ4v) is 3.89. The number of hydrogen-bond acceptors (Lipinski definition) is 6. The van der Waals surface area contributed by atoms with Crippen LogP contribution in [0.5, 0.6) is 0 Å². The van der Waals surface area contributed by atoms with Crippen molar-refractivity contribution < 1.29 is 4.52 Å². The summed E-state index contributed by atoms with van der Waals surface area (Å²) in [4.78, 5) is 4.45. The second kappa shape index (κ2) is 8.16. The summed E-state index contributed by atoms with van der Waals surface area (Å²) >= 11 is 7.55. The average molecular weight is 412 g/mol. The number of nitrogens with zero attached hydrogens (tertiary/aromatic N) is 5. The van der Waals surface area contributed by atoms with Crippen LogP contribution in [0.2, 0.25) is 5.02 Å². The van der Waals surface area contributed by atoms with Gasteiger partial charge in [-0.15, -0.1) is 10.2 Å². The molecule has 2 aromatic heterocycles. The molecule has 0 spiro atoms. The number of thioether (sulfide) groups is 1. The van der Waals surface area contributed by atoms with E-state index in [1.54, 1.807) is 0 Å². The molecule has 0 fully saturated rings. The fourth-order valence-electron chi connectivity index (χ4n) is 2.86. The van der Waals surface area contributed by atoms with Crippen molar-refractivity contribution in [2.75, 3.05) is 0 Å². The first-order valence-corrected chi connectivity index (χ1v) is 10.2. The highest BCUT2D eigenvalue weighted by atomic mass is 35.5. The topological polar surface area (TPSA) is 69.6 Å². The molecule has 0 N–H and O–H groups in total. The van der Waals surface area contributed by atoms with Crippen molar-refractivity contribution >= 4 is 23.4 Å². The summed E-state index contributed by atoms with van der Waals surface area (Å²) in [6.45, 7) is 4.92. The van der Waals surface area contributed by atoms with E-state index in [2.05, 4.69) is 50.9 Å². The van der Waals surface area contributed by atoms with Crippen molar-refractivity contribution in [2.24, 2.45) is 0 Å². The van der Waals surface area contributed by atoms with Crippen LogP contribution in [0, 0.1) is 6.92 Å². The van der Waals surface area contributed by atoms with Crippen molar-refractivity contribution in [3.8, 4) is 22.8 Å². The van der Waals surface area contributed by atoms with Gasteiger partial charge in [0.2, 0.25) is 11.7 Å². The van der Waals surface area contributed by atoms with Crippen LogP contribution < -0.4 is 0 Å². The van der Waals surface area contributed by atoms with Crippen molar-refractivity contribution in [3.63, 3.8) is 0 Å². The van der Waals surface area contributed by atoms with Crippen LogP contribution in [0.15, 0.2) is 58.2 Å². The summed E-state index contributed by atoms with van der Waals surface area (Å²) in [5.74, 6) is 2.43. The molecule has 28 heavy (non-hydrogen) atoms. The maximum Gasteiger partial charge on any atom is 0.237 e. The molecule has 2 heterocycles. The maximum atomic E-state index is 6.03. The normalized spacial score (nSPS) is 11.1. The lowest BCUT2D eigenvalue weighted by Crippen LogP contribution is -2.00. The number of aryl methyl sites for hydroxylation is 1. The Bertz CT molecular complexity index is 1110. The summed E-state index contributed by atoms with van der Waals surface area (Å²) in [5.41, 5.74) is 3.07. The van der Waals surface area contributed by atoms with Gasteiger partial charge in [0.1, 0.15) is 0 Å². The molecule has 0 saturated carbocycles. The van der Waals surface area contributed by atoms with Crippen molar-refractivity contribution in [1.29, 1.82) is 0 Å². The van der Waals surface area contributed by atoms with Gasteiger partial charge in [-0.2, -0.15) is 4.98 Å². The third kappa shape index (κ3) is 3.95. The van der Waals surface area contributed by atoms with Gasteiger partial charge in [0.15, 0.2) is 11.0 Å². The van der Waals surface area contributed by atoms with Crippen LogP contribution in [0.1, 0.15) is 18.4 Å². The van der Waals surface area contributed by atoms with Gasteiger partial charge in [0.25, 0.3) is 0 Å². The fraction of sp³-hybridized carbons (Fsp3) is 0.200. The second-order valence-corrected chi connectivity index (χ2v) is 7.61. The monoisotopic (exact) mass is 411 g/mol. The molecular weight excluding hydrogens is 394 g/mol. The van der Waals surface area contributed by atoms with E-state index >= 15 is 0 Å². The molecule has 4 rings (SSSR count). The van der Waals surface area contributed by atoms with Gasteiger partial charge in [0.05, 0.1) is 5.75 Å². The number of halogens is 1. The summed E-state index contributed by atoms with van der Waals surface area (Å²) in [6.07, 6.45) is 0. The van der Waals surface area contributed by atoms with E-state index in [0.29, 0.717) is 22.5 Å². The van der Waals surface area contributed by atoms with Gasteiger partial charge in [-0.3, -0.25) is 0 Å². The molecule has 2 aromatic carbocycles. The average Bonchev–Trinajstić information content (AvgIpc) is 3.33. The van der Waals surface area contributed by atoms with Gasteiger partial charge in [-0.1, -0.05) is 64.4 Å². The highest BCUT2D eigenvalue weighted by molar-refractivity contribution is 7.98. The van der Waals surface area contributed by atoms with Crippen molar-refractivity contribution in [1.82, 2.24) is 24.9 Å². The largest absolute Gasteiger partial charge is 0.338 e. The third-order valence-corrected chi connectivity index (χ3v) is 5.37. The predicted molar refractivity (Wildman–Crippen MR) is 110 cm³/mol. The lowest BCUT2D eigenvalue weighted by Gasteiger charge is -2.07. The minimum Gasteiger partial charge on any atom is -0.338 e. The van der Waals surface area contributed by atoms with Gasteiger partial charge in [0, 0.05) is 22.7 Å². The highest BCUT2D eigenvalue weighted by Crippen LogP contribution is 2.27. The van der Waals surface area contributed by atoms with Crippen LogP contribution in [-0.2, 0) is 12.3 Å². The first-order chi connectivity index (χ1) is 13.6. The number of rotatable bonds is 6. The Morgan fingerprint density at radius 1 is 1.07 bits per heavy atom. The van der Waals surface area contributed by atoms with Crippen LogP contribution in [0.25, 0.3) is 22.8 Å². The minimum absolute atomic E-state index is 0.513. The Morgan fingerprint density at radius 2 is 1.89 bits per heavy atom.